The maximum Gasteiger partial charge on any atom is 0.262 e. The molecule has 100 valence electrons. The fraction of sp³-hybridized carbons (Fsp3) is 0. The molecule has 1 heterocycles. The molecule has 0 amide bonds. The molecule has 3 N–H and O–H groups in total. The Labute approximate surface area is 123 Å². The van der Waals surface area contributed by atoms with Crippen LogP contribution in [0.5, 0.6) is 5.75 Å². The normalized spacial score (nSPS) is 10.7. The minimum Gasteiger partial charge on any atom is -0.505 e. The third kappa shape index (κ3) is 2.25. The molecule has 0 radical (unpaired) electrons. The number of aromatic nitrogens is 2. The van der Waals surface area contributed by atoms with Crippen LogP contribution in [0.15, 0.2) is 51.5 Å². The van der Waals surface area contributed by atoms with Crippen LogP contribution < -0.4 is 5.73 Å². The van der Waals surface area contributed by atoms with Gasteiger partial charge in [0.1, 0.15) is 0 Å². The van der Waals surface area contributed by atoms with Crippen molar-refractivity contribution in [2.24, 2.45) is 0 Å². The minimum atomic E-state index is -0.0584. The van der Waals surface area contributed by atoms with E-state index in [-0.39, 0.29) is 17.3 Å². The highest BCUT2D eigenvalue weighted by Crippen LogP contribution is 2.33. The van der Waals surface area contributed by atoms with Crippen molar-refractivity contribution in [1.29, 1.82) is 0 Å². The Bertz CT molecular complexity index is 771. The maximum absolute atomic E-state index is 9.91. The van der Waals surface area contributed by atoms with E-state index >= 15 is 0 Å². The number of para-hydroxylation sites is 1. The van der Waals surface area contributed by atoms with Gasteiger partial charge in [0.15, 0.2) is 5.75 Å². The quantitative estimate of drug-likeness (QED) is 0.554. The first-order valence-corrected chi connectivity index (χ1v) is 6.62. The largest absolute Gasteiger partial charge is 0.505 e. The predicted molar refractivity (Wildman–Crippen MR) is 78.9 cm³/mol. The van der Waals surface area contributed by atoms with Crippen molar-refractivity contribution in [2.45, 2.75) is 0 Å². The summed E-state index contributed by atoms with van der Waals surface area (Å²) in [7, 11) is 0. The first kappa shape index (κ1) is 12.7. The van der Waals surface area contributed by atoms with Crippen molar-refractivity contribution < 1.29 is 9.63 Å². The van der Waals surface area contributed by atoms with Crippen molar-refractivity contribution in [3.63, 3.8) is 0 Å². The second-order valence-corrected chi connectivity index (χ2v) is 5.09. The van der Waals surface area contributed by atoms with Gasteiger partial charge < -0.3 is 15.4 Å². The SMILES string of the molecule is Nc1cccc(-c2nc(-c3cccc(Br)c3)no2)c1O. The minimum absolute atomic E-state index is 0.0584. The van der Waals surface area contributed by atoms with Gasteiger partial charge in [-0.25, -0.2) is 0 Å². The molecule has 0 atom stereocenters. The first-order chi connectivity index (χ1) is 9.65. The van der Waals surface area contributed by atoms with Gasteiger partial charge in [0, 0.05) is 10.0 Å². The van der Waals surface area contributed by atoms with Crippen LogP contribution in [0.2, 0.25) is 0 Å². The molecule has 0 aliphatic rings. The van der Waals surface area contributed by atoms with Gasteiger partial charge in [-0.3, -0.25) is 0 Å². The van der Waals surface area contributed by atoms with E-state index in [0.29, 0.717) is 11.4 Å². The third-order valence-electron chi connectivity index (χ3n) is 2.81. The van der Waals surface area contributed by atoms with Gasteiger partial charge in [0.2, 0.25) is 5.82 Å². The molecule has 3 rings (SSSR count). The number of aromatic hydroxyl groups is 1. The van der Waals surface area contributed by atoms with E-state index in [1.54, 1.807) is 18.2 Å². The Kier molecular flexibility index (Phi) is 3.15. The van der Waals surface area contributed by atoms with Gasteiger partial charge in [0.25, 0.3) is 5.89 Å². The van der Waals surface area contributed by atoms with Crippen LogP contribution in [0, 0.1) is 0 Å². The van der Waals surface area contributed by atoms with Crippen molar-refractivity contribution in [2.75, 3.05) is 5.73 Å². The summed E-state index contributed by atoms with van der Waals surface area (Å²) >= 11 is 3.39. The van der Waals surface area contributed by atoms with E-state index in [1.807, 2.05) is 24.3 Å². The summed E-state index contributed by atoms with van der Waals surface area (Å²) in [5.41, 5.74) is 7.15. The van der Waals surface area contributed by atoms with Crippen molar-refractivity contribution in [3.05, 3.63) is 46.9 Å². The number of anilines is 1. The van der Waals surface area contributed by atoms with E-state index in [4.69, 9.17) is 10.3 Å². The van der Waals surface area contributed by atoms with Crippen LogP contribution in [-0.4, -0.2) is 15.2 Å². The van der Waals surface area contributed by atoms with E-state index in [9.17, 15) is 5.11 Å². The summed E-state index contributed by atoms with van der Waals surface area (Å²) in [6, 6.07) is 12.5. The summed E-state index contributed by atoms with van der Waals surface area (Å²) in [6.45, 7) is 0. The predicted octanol–water partition coefficient (Wildman–Crippen LogP) is 3.45. The lowest BCUT2D eigenvalue weighted by atomic mass is 10.1. The molecule has 20 heavy (non-hydrogen) atoms. The Morgan fingerprint density at radius 3 is 2.75 bits per heavy atom. The number of hydrogen-bond acceptors (Lipinski definition) is 5. The topological polar surface area (TPSA) is 85.2 Å². The van der Waals surface area contributed by atoms with Gasteiger partial charge >= 0.3 is 0 Å². The van der Waals surface area contributed by atoms with E-state index < -0.39 is 0 Å². The van der Waals surface area contributed by atoms with Gasteiger partial charge in [-0.15, -0.1) is 0 Å². The van der Waals surface area contributed by atoms with Crippen LogP contribution >= 0.6 is 15.9 Å². The number of phenols is 1. The molecule has 0 spiro atoms. The molecule has 0 aliphatic heterocycles. The van der Waals surface area contributed by atoms with Crippen molar-refractivity contribution in [1.82, 2.24) is 10.1 Å². The van der Waals surface area contributed by atoms with Gasteiger partial charge in [0.05, 0.1) is 11.3 Å². The second-order valence-electron chi connectivity index (χ2n) is 4.18. The molecule has 2 aromatic carbocycles. The molecule has 5 nitrogen and oxygen atoms in total. The molecule has 6 heteroatoms. The molecular weight excluding hydrogens is 322 g/mol. The van der Waals surface area contributed by atoms with Crippen LogP contribution in [0.1, 0.15) is 0 Å². The Hall–Kier alpha value is -2.34. The molecule has 0 aliphatic carbocycles. The van der Waals surface area contributed by atoms with Crippen molar-refractivity contribution >= 4 is 21.6 Å². The average Bonchev–Trinajstić information content (AvgIpc) is 2.91. The lowest BCUT2D eigenvalue weighted by Gasteiger charge is -2.01. The molecule has 1 aromatic heterocycles. The lowest BCUT2D eigenvalue weighted by molar-refractivity contribution is 0.426. The van der Waals surface area contributed by atoms with Crippen LogP contribution in [0.25, 0.3) is 22.8 Å². The number of phenolic OH excluding ortho intramolecular Hbond substituents is 1. The molecule has 0 saturated heterocycles. The number of rotatable bonds is 2. The highest BCUT2D eigenvalue weighted by molar-refractivity contribution is 9.10. The number of nitrogens with zero attached hydrogens (tertiary/aromatic N) is 2. The molecule has 0 fully saturated rings. The van der Waals surface area contributed by atoms with Crippen LogP contribution in [0.3, 0.4) is 0 Å². The van der Waals surface area contributed by atoms with E-state index in [2.05, 4.69) is 26.1 Å². The molecule has 0 bridgehead atoms. The van der Waals surface area contributed by atoms with E-state index in [1.165, 1.54) is 0 Å². The van der Waals surface area contributed by atoms with E-state index in [0.717, 1.165) is 10.0 Å². The number of nitrogen functional groups attached to an aromatic ring is 1. The zero-order chi connectivity index (χ0) is 14.1. The summed E-state index contributed by atoms with van der Waals surface area (Å²) in [5, 5.41) is 13.8. The Morgan fingerprint density at radius 2 is 1.95 bits per heavy atom. The van der Waals surface area contributed by atoms with Gasteiger partial charge in [-0.1, -0.05) is 39.3 Å². The Morgan fingerprint density at radius 1 is 1.15 bits per heavy atom. The smallest absolute Gasteiger partial charge is 0.262 e. The summed E-state index contributed by atoms with van der Waals surface area (Å²) in [6.07, 6.45) is 0. The highest BCUT2D eigenvalue weighted by atomic mass is 79.9. The standard InChI is InChI=1S/C14H10BrN3O2/c15-9-4-1-3-8(7-9)13-17-14(20-18-13)10-5-2-6-11(16)12(10)19/h1-7,19H,16H2. The van der Waals surface area contributed by atoms with Crippen LogP contribution in [0.4, 0.5) is 5.69 Å². The first-order valence-electron chi connectivity index (χ1n) is 5.82. The Balaban J connectivity index is 2.04. The number of hydrogen-bond donors (Lipinski definition) is 2. The average molecular weight is 332 g/mol. The van der Waals surface area contributed by atoms with Gasteiger partial charge in [-0.2, -0.15) is 4.98 Å². The monoisotopic (exact) mass is 331 g/mol. The fourth-order valence-corrected chi connectivity index (χ4v) is 2.21. The summed E-state index contributed by atoms with van der Waals surface area (Å²) in [4.78, 5) is 4.28. The molecule has 0 saturated carbocycles. The fourth-order valence-electron chi connectivity index (χ4n) is 1.81. The highest BCUT2D eigenvalue weighted by Gasteiger charge is 2.15. The maximum atomic E-state index is 9.91. The van der Waals surface area contributed by atoms with Crippen molar-refractivity contribution in [3.8, 4) is 28.6 Å². The van der Waals surface area contributed by atoms with Gasteiger partial charge in [-0.05, 0) is 24.3 Å². The lowest BCUT2D eigenvalue weighted by Crippen LogP contribution is -1.88. The molecule has 3 aromatic rings. The molecule has 0 unspecified atom stereocenters. The number of benzene rings is 2. The number of nitrogens with two attached hydrogens (primary N) is 1. The third-order valence-corrected chi connectivity index (χ3v) is 3.30. The zero-order valence-corrected chi connectivity index (χ0v) is 11.8. The van der Waals surface area contributed by atoms with Crippen LogP contribution in [-0.2, 0) is 0 Å². The molecular formula is C14H10BrN3O2. The summed E-state index contributed by atoms with van der Waals surface area (Å²) in [5.74, 6) is 0.616. The summed E-state index contributed by atoms with van der Waals surface area (Å²) < 4.78 is 6.11. The second kappa shape index (κ2) is 4.97. The zero-order valence-electron chi connectivity index (χ0n) is 10.2. The number of halogens is 1.